The molecule has 1 aliphatic carbocycles. The molecule has 0 N–H and O–H groups in total. The minimum absolute atomic E-state index is 0.0222. The lowest BCUT2D eigenvalue weighted by Gasteiger charge is -2.33. The Kier molecular flexibility index (Phi) is 4.59. The molecule has 1 heterocycles. The van der Waals surface area contributed by atoms with E-state index in [0.29, 0.717) is 0 Å². The maximum atomic E-state index is 14.6. The summed E-state index contributed by atoms with van der Waals surface area (Å²) in [6, 6.07) is -0.417. The van der Waals surface area contributed by atoms with Crippen LogP contribution in [0.5, 0.6) is 0 Å². The largest absolute Gasteiger partial charge is 0.441 e. The molecule has 2 aliphatic rings. The van der Waals surface area contributed by atoms with Gasteiger partial charge in [-0.3, -0.25) is 4.79 Å². The molecule has 2 rings (SSSR count). The third-order valence-electron chi connectivity index (χ3n) is 4.71. The van der Waals surface area contributed by atoms with Crippen molar-refractivity contribution in [2.45, 2.75) is 77.6 Å². The number of imide groups is 1. The predicted octanol–water partition coefficient (Wildman–Crippen LogP) is 3.69. The predicted molar refractivity (Wildman–Crippen MR) is 77.5 cm³/mol. The van der Waals surface area contributed by atoms with Gasteiger partial charge in [0.1, 0.15) is 5.60 Å². The van der Waals surface area contributed by atoms with E-state index in [1.165, 1.54) is 0 Å². The quantitative estimate of drug-likeness (QED) is 0.798. The van der Waals surface area contributed by atoms with Crippen LogP contribution in [0.15, 0.2) is 0 Å². The van der Waals surface area contributed by atoms with Crippen molar-refractivity contribution in [3.63, 3.8) is 0 Å². The van der Waals surface area contributed by atoms with E-state index < -0.39 is 29.8 Å². The lowest BCUT2D eigenvalue weighted by Crippen LogP contribution is -2.51. The van der Waals surface area contributed by atoms with Gasteiger partial charge >= 0.3 is 6.09 Å². The van der Waals surface area contributed by atoms with Gasteiger partial charge in [0.05, 0.1) is 6.04 Å². The van der Waals surface area contributed by atoms with E-state index in [4.69, 9.17) is 4.74 Å². The molecule has 5 heteroatoms. The number of alkyl halides is 1. The number of carbonyl (C=O) groups is 2. The number of nitrogens with zero attached hydrogens (tertiary/aromatic N) is 1. The monoisotopic (exact) mass is 299 g/mol. The Morgan fingerprint density at radius 2 is 1.86 bits per heavy atom. The average Bonchev–Trinajstić information content (AvgIpc) is 2.67. The molecule has 2 atom stereocenters. The fourth-order valence-corrected chi connectivity index (χ4v) is 3.85. The van der Waals surface area contributed by atoms with Crippen molar-refractivity contribution in [3.8, 4) is 0 Å². The van der Waals surface area contributed by atoms with E-state index in [-0.39, 0.29) is 11.8 Å². The topological polar surface area (TPSA) is 46.6 Å². The van der Waals surface area contributed by atoms with Crippen LogP contribution >= 0.6 is 0 Å². The second-order valence-corrected chi connectivity index (χ2v) is 7.17. The lowest BCUT2D eigenvalue weighted by molar-refractivity contribution is -0.138. The van der Waals surface area contributed by atoms with Crippen LogP contribution in [0.2, 0.25) is 0 Å². The smallest absolute Gasteiger partial charge is 0.417 e. The summed E-state index contributed by atoms with van der Waals surface area (Å²) in [7, 11) is 0. The molecule has 2 unspecified atom stereocenters. The highest BCUT2D eigenvalue weighted by atomic mass is 19.1. The first kappa shape index (κ1) is 16.2. The first-order chi connectivity index (χ1) is 9.75. The molecule has 1 saturated heterocycles. The number of amides is 2. The molecular formula is C16H26FNO3. The molecule has 1 saturated carbocycles. The second-order valence-electron chi connectivity index (χ2n) is 7.17. The summed E-state index contributed by atoms with van der Waals surface area (Å²) in [6.07, 6.45) is 2.18. The van der Waals surface area contributed by atoms with E-state index >= 15 is 0 Å². The molecule has 2 amide bonds. The zero-order valence-electron chi connectivity index (χ0n) is 13.4. The van der Waals surface area contributed by atoms with Crippen molar-refractivity contribution in [1.82, 2.24) is 4.90 Å². The summed E-state index contributed by atoms with van der Waals surface area (Å²) >= 11 is 0. The van der Waals surface area contributed by atoms with Gasteiger partial charge in [0.2, 0.25) is 0 Å². The number of halogens is 1. The molecule has 0 aromatic rings. The number of rotatable bonds is 3. The first-order valence-electron chi connectivity index (χ1n) is 7.96. The van der Waals surface area contributed by atoms with Gasteiger partial charge in [0.25, 0.3) is 5.91 Å². The van der Waals surface area contributed by atoms with Crippen molar-refractivity contribution >= 4 is 12.0 Å². The maximum Gasteiger partial charge on any atom is 0.417 e. The van der Waals surface area contributed by atoms with Crippen molar-refractivity contribution < 1.29 is 18.7 Å². The van der Waals surface area contributed by atoms with Gasteiger partial charge < -0.3 is 4.74 Å². The lowest BCUT2D eigenvalue weighted by atomic mass is 9.84. The van der Waals surface area contributed by atoms with Gasteiger partial charge in [0, 0.05) is 0 Å². The van der Waals surface area contributed by atoms with E-state index in [0.717, 1.165) is 37.0 Å². The summed E-state index contributed by atoms with van der Waals surface area (Å²) in [5.74, 6) is -0.944. The standard InChI is InChI=1S/C16H26FNO3/c1-10(2)13-16(3,4)21-15(20)18(13)14(19)12(17)11-8-6-5-7-9-11/h10-13H,5-9H2,1-4H3. The summed E-state index contributed by atoms with van der Waals surface area (Å²) in [5, 5.41) is 0. The van der Waals surface area contributed by atoms with Crippen molar-refractivity contribution in [1.29, 1.82) is 0 Å². The van der Waals surface area contributed by atoms with Crippen LogP contribution in [0.1, 0.15) is 59.8 Å². The summed E-state index contributed by atoms with van der Waals surface area (Å²) in [4.78, 5) is 25.6. The van der Waals surface area contributed by atoms with E-state index in [1.807, 2.05) is 13.8 Å². The van der Waals surface area contributed by atoms with Crippen molar-refractivity contribution in [2.75, 3.05) is 0 Å². The third kappa shape index (κ3) is 3.06. The van der Waals surface area contributed by atoms with E-state index in [2.05, 4.69) is 0 Å². The normalized spacial score (nSPS) is 27.8. The van der Waals surface area contributed by atoms with Gasteiger partial charge in [-0.05, 0) is 38.5 Å². The Balaban J connectivity index is 2.18. The summed E-state index contributed by atoms with van der Waals surface area (Å²) < 4.78 is 19.9. The molecule has 120 valence electrons. The molecule has 2 fully saturated rings. The highest BCUT2D eigenvalue weighted by molar-refractivity contribution is 5.96. The number of hydrogen-bond acceptors (Lipinski definition) is 3. The van der Waals surface area contributed by atoms with E-state index in [9.17, 15) is 14.0 Å². The molecule has 1 aliphatic heterocycles. The highest BCUT2D eigenvalue weighted by Gasteiger charge is 2.53. The van der Waals surface area contributed by atoms with Gasteiger partial charge in [-0.2, -0.15) is 0 Å². The minimum atomic E-state index is -1.59. The Morgan fingerprint density at radius 1 is 1.29 bits per heavy atom. The molecule has 0 radical (unpaired) electrons. The average molecular weight is 299 g/mol. The van der Waals surface area contributed by atoms with Crippen molar-refractivity contribution in [2.24, 2.45) is 11.8 Å². The van der Waals surface area contributed by atoms with Crippen molar-refractivity contribution in [3.05, 3.63) is 0 Å². The van der Waals surface area contributed by atoms with Gasteiger partial charge in [-0.25, -0.2) is 14.1 Å². The SMILES string of the molecule is CC(C)C1N(C(=O)C(F)C2CCCCC2)C(=O)OC1(C)C. The van der Waals surface area contributed by atoms with Gasteiger partial charge in [-0.1, -0.05) is 33.1 Å². The fourth-order valence-electron chi connectivity index (χ4n) is 3.85. The van der Waals surface area contributed by atoms with Crippen LogP contribution in [0, 0.1) is 11.8 Å². The van der Waals surface area contributed by atoms with Crippen LogP contribution in [-0.4, -0.2) is 34.7 Å². The number of carbonyl (C=O) groups excluding carboxylic acids is 2. The molecule has 21 heavy (non-hydrogen) atoms. The van der Waals surface area contributed by atoms with Gasteiger partial charge in [-0.15, -0.1) is 0 Å². The number of cyclic esters (lactones) is 1. The molecule has 0 aromatic carbocycles. The van der Waals surface area contributed by atoms with Crippen LogP contribution in [0.4, 0.5) is 9.18 Å². The summed E-state index contributed by atoms with van der Waals surface area (Å²) in [6.45, 7) is 7.39. The Morgan fingerprint density at radius 3 is 2.38 bits per heavy atom. The van der Waals surface area contributed by atoms with Crippen LogP contribution < -0.4 is 0 Å². The van der Waals surface area contributed by atoms with Crippen LogP contribution in [-0.2, 0) is 9.53 Å². The van der Waals surface area contributed by atoms with Gasteiger partial charge in [0.15, 0.2) is 6.17 Å². The Hall–Kier alpha value is -1.13. The number of hydrogen-bond donors (Lipinski definition) is 0. The van der Waals surface area contributed by atoms with E-state index in [1.54, 1.807) is 13.8 Å². The zero-order chi connectivity index (χ0) is 15.8. The Bertz CT molecular complexity index is 416. The third-order valence-corrected chi connectivity index (χ3v) is 4.71. The maximum absolute atomic E-state index is 14.6. The molecule has 0 spiro atoms. The molecule has 4 nitrogen and oxygen atoms in total. The molecule has 0 aromatic heterocycles. The molecular weight excluding hydrogens is 273 g/mol. The van der Waals surface area contributed by atoms with Crippen LogP contribution in [0.25, 0.3) is 0 Å². The number of ether oxygens (including phenoxy) is 1. The summed E-state index contributed by atoms with van der Waals surface area (Å²) in [5.41, 5.74) is -0.771. The van der Waals surface area contributed by atoms with Crippen LogP contribution in [0.3, 0.4) is 0 Å². The first-order valence-corrected chi connectivity index (χ1v) is 7.96. The Labute approximate surface area is 126 Å². The molecule has 0 bridgehead atoms. The zero-order valence-corrected chi connectivity index (χ0v) is 13.4. The minimum Gasteiger partial charge on any atom is -0.441 e. The second kappa shape index (κ2) is 5.93. The fraction of sp³-hybridized carbons (Fsp3) is 0.875. The highest BCUT2D eigenvalue weighted by Crippen LogP contribution is 2.36.